The van der Waals surface area contributed by atoms with Crippen molar-refractivity contribution in [2.45, 2.75) is 25.5 Å². The summed E-state index contributed by atoms with van der Waals surface area (Å²) >= 11 is 3.65. The first kappa shape index (κ1) is 21.5. The van der Waals surface area contributed by atoms with Gasteiger partial charge in [0.25, 0.3) is 0 Å². The fourth-order valence-corrected chi connectivity index (χ4v) is 4.79. The molecule has 0 bridgehead atoms. The van der Waals surface area contributed by atoms with Crippen molar-refractivity contribution < 1.29 is 24.6 Å². The van der Waals surface area contributed by atoms with Gasteiger partial charge in [-0.3, -0.25) is 0 Å². The van der Waals surface area contributed by atoms with Gasteiger partial charge in [-0.1, -0.05) is 52.3 Å². The summed E-state index contributed by atoms with van der Waals surface area (Å²) in [5.74, 6) is 2.15. The lowest BCUT2D eigenvalue weighted by atomic mass is 9.89. The molecule has 0 amide bonds. The number of phenols is 1. The number of fused-ring (bicyclic) bond motifs is 1. The number of methoxy groups -OCH3 is 2. The van der Waals surface area contributed by atoms with Crippen molar-refractivity contribution in [3.63, 3.8) is 0 Å². The van der Waals surface area contributed by atoms with Gasteiger partial charge in [-0.25, -0.2) is 0 Å². The molecule has 3 aromatic rings. The van der Waals surface area contributed by atoms with Crippen LogP contribution in [-0.4, -0.2) is 25.9 Å². The van der Waals surface area contributed by atoms with Crippen LogP contribution in [0.1, 0.15) is 28.3 Å². The zero-order chi connectivity index (χ0) is 21.8. The number of ether oxygens (including phenoxy) is 3. The normalized spacial score (nSPS) is 15.3. The van der Waals surface area contributed by atoms with E-state index in [1.165, 1.54) is 0 Å². The molecule has 1 aliphatic heterocycles. The second-order valence-electron chi connectivity index (χ2n) is 7.65. The van der Waals surface area contributed by atoms with Crippen LogP contribution in [0.3, 0.4) is 0 Å². The number of benzene rings is 3. The maximum Gasteiger partial charge on any atom is 0.167 e. The third-order valence-corrected chi connectivity index (χ3v) is 6.42. The minimum atomic E-state index is 0.0884. The van der Waals surface area contributed by atoms with E-state index in [0.717, 1.165) is 51.9 Å². The van der Waals surface area contributed by atoms with E-state index in [1.54, 1.807) is 14.2 Å². The summed E-state index contributed by atoms with van der Waals surface area (Å²) in [6, 6.07) is 18.1. The molecule has 3 N–H and O–H groups in total. The molecule has 1 atom stereocenters. The molecule has 0 aromatic heterocycles. The zero-order valence-corrected chi connectivity index (χ0v) is 19.3. The van der Waals surface area contributed by atoms with E-state index < -0.39 is 0 Å². The zero-order valence-electron chi connectivity index (χ0n) is 17.7. The Kier molecular flexibility index (Phi) is 6.68. The summed E-state index contributed by atoms with van der Waals surface area (Å²) in [6.07, 6.45) is 1.66. The van der Waals surface area contributed by atoms with Crippen molar-refractivity contribution in [3.8, 4) is 23.0 Å². The molecule has 4 rings (SSSR count). The van der Waals surface area contributed by atoms with Gasteiger partial charge in [-0.05, 0) is 34.9 Å². The highest BCUT2D eigenvalue weighted by Crippen LogP contribution is 2.42. The molecular weight excluding hydrogens is 458 g/mol. The van der Waals surface area contributed by atoms with Crippen molar-refractivity contribution in [1.82, 2.24) is 0 Å². The molecule has 6 heteroatoms. The Balaban J connectivity index is 1.60. The number of hydrogen-bond donors (Lipinski definition) is 2. The van der Waals surface area contributed by atoms with Crippen molar-refractivity contribution in [2.24, 2.45) is 0 Å². The molecule has 0 saturated heterocycles. The van der Waals surface area contributed by atoms with Crippen LogP contribution < -0.4 is 19.5 Å². The first-order valence-corrected chi connectivity index (χ1v) is 11.1. The van der Waals surface area contributed by atoms with Crippen LogP contribution in [0.4, 0.5) is 0 Å². The second-order valence-corrected chi connectivity index (χ2v) is 8.50. The number of halogens is 1. The molecule has 1 heterocycles. The molecule has 0 saturated carbocycles. The van der Waals surface area contributed by atoms with Gasteiger partial charge in [0.2, 0.25) is 0 Å². The molecule has 162 valence electrons. The van der Waals surface area contributed by atoms with E-state index in [2.05, 4.69) is 27.3 Å². The van der Waals surface area contributed by atoms with E-state index >= 15 is 0 Å². The first-order chi connectivity index (χ1) is 15.1. The Bertz CT molecular complexity index is 1060. The van der Waals surface area contributed by atoms with Crippen molar-refractivity contribution in [2.75, 3.05) is 20.8 Å². The van der Waals surface area contributed by atoms with Gasteiger partial charge in [0.15, 0.2) is 23.0 Å². The van der Waals surface area contributed by atoms with Crippen LogP contribution in [0.25, 0.3) is 0 Å². The summed E-state index contributed by atoms with van der Waals surface area (Å²) in [6.45, 7) is 1.44. The molecule has 0 aliphatic carbocycles. The molecule has 0 fully saturated rings. The minimum Gasteiger partial charge on any atom is -0.504 e. The number of quaternary nitrogens is 1. The van der Waals surface area contributed by atoms with Gasteiger partial charge in [0.1, 0.15) is 12.6 Å². The van der Waals surface area contributed by atoms with Crippen LogP contribution in [0.5, 0.6) is 23.0 Å². The summed E-state index contributed by atoms with van der Waals surface area (Å²) in [7, 11) is 3.23. The molecule has 1 aliphatic rings. The summed E-state index contributed by atoms with van der Waals surface area (Å²) in [4.78, 5) is 0. The fourth-order valence-electron chi connectivity index (χ4n) is 4.17. The van der Waals surface area contributed by atoms with Crippen molar-refractivity contribution >= 4 is 15.9 Å². The Morgan fingerprint density at radius 1 is 0.968 bits per heavy atom. The number of nitrogens with two attached hydrogens (primary N) is 1. The fraction of sp³-hybridized carbons (Fsp3) is 0.280. The SMILES string of the molecule is COc1ccc(CC2[NH2+]CCc3c(Br)cc(OC)c(O)c32)cc1OCc1ccccc1. The summed E-state index contributed by atoms with van der Waals surface area (Å²) in [5, 5.41) is 13.1. The summed E-state index contributed by atoms with van der Waals surface area (Å²) < 4.78 is 18.0. The molecule has 31 heavy (non-hydrogen) atoms. The first-order valence-electron chi connectivity index (χ1n) is 10.4. The maximum atomic E-state index is 10.8. The van der Waals surface area contributed by atoms with Crippen LogP contribution in [-0.2, 0) is 19.4 Å². The Morgan fingerprint density at radius 3 is 2.48 bits per heavy atom. The van der Waals surface area contributed by atoms with Gasteiger partial charge in [-0.2, -0.15) is 0 Å². The van der Waals surface area contributed by atoms with E-state index in [-0.39, 0.29) is 11.8 Å². The van der Waals surface area contributed by atoms with Gasteiger partial charge in [0, 0.05) is 17.3 Å². The highest BCUT2D eigenvalue weighted by Gasteiger charge is 2.30. The number of aromatic hydroxyl groups is 1. The van der Waals surface area contributed by atoms with Crippen molar-refractivity contribution in [3.05, 3.63) is 81.3 Å². The quantitative estimate of drug-likeness (QED) is 0.528. The minimum absolute atomic E-state index is 0.0884. The monoisotopic (exact) mass is 484 g/mol. The average Bonchev–Trinajstić information content (AvgIpc) is 2.80. The van der Waals surface area contributed by atoms with E-state index in [4.69, 9.17) is 14.2 Å². The Labute approximate surface area is 191 Å². The van der Waals surface area contributed by atoms with E-state index in [0.29, 0.717) is 18.1 Å². The molecule has 0 spiro atoms. The lowest BCUT2D eigenvalue weighted by Crippen LogP contribution is -2.87. The molecule has 1 unspecified atom stereocenters. The van der Waals surface area contributed by atoms with Gasteiger partial charge < -0.3 is 24.6 Å². The predicted octanol–water partition coefficient (Wildman–Crippen LogP) is 4.15. The van der Waals surface area contributed by atoms with Crippen LogP contribution in [0, 0.1) is 0 Å². The highest BCUT2D eigenvalue weighted by molar-refractivity contribution is 9.10. The Hall–Kier alpha value is -2.70. The average molecular weight is 485 g/mol. The number of rotatable bonds is 7. The standard InChI is InChI=1S/C25H26BrNO4/c1-29-21-9-8-17(13-22(21)31-15-16-6-4-3-5-7-16)12-20-24-18(10-11-27-20)19(26)14-23(30-2)25(24)28/h3-9,13-14,20,27-28H,10-12,15H2,1-2H3/p+1. The second kappa shape index (κ2) is 9.62. The summed E-state index contributed by atoms with van der Waals surface area (Å²) in [5.41, 5.74) is 4.32. The lowest BCUT2D eigenvalue weighted by molar-refractivity contribution is -0.698. The van der Waals surface area contributed by atoms with Crippen LogP contribution in [0.2, 0.25) is 0 Å². The molecule has 3 aromatic carbocycles. The number of hydrogen-bond acceptors (Lipinski definition) is 4. The largest absolute Gasteiger partial charge is 0.504 e. The smallest absolute Gasteiger partial charge is 0.167 e. The molecular formula is C25H27BrNO4+. The van der Waals surface area contributed by atoms with E-state index in [9.17, 15) is 5.11 Å². The van der Waals surface area contributed by atoms with Crippen molar-refractivity contribution in [1.29, 1.82) is 0 Å². The Morgan fingerprint density at radius 2 is 1.74 bits per heavy atom. The van der Waals surface area contributed by atoms with Crippen LogP contribution in [0.15, 0.2) is 59.1 Å². The maximum absolute atomic E-state index is 10.8. The van der Waals surface area contributed by atoms with Gasteiger partial charge in [-0.15, -0.1) is 0 Å². The lowest BCUT2D eigenvalue weighted by Gasteiger charge is -2.27. The molecule has 0 radical (unpaired) electrons. The third kappa shape index (κ3) is 4.65. The van der Waals surface area contributed by atoms with Gasteiger partial charge >= 0.3 is 0 Å². The molecule has 5 nitrogen and oxygen atoms in total. The number of phenolic OH excluding ortho intramolecular Hbond substituents is 1. The predicted molar refractivity (Wildman–Crippen MR) is 123 cm³/mol. The third-order valence-electron chi connectivity index (χ3n) is 5.72. The van der Waals surface area contributed by atoms with E-state index in [1.807, 2.05) is 48.5 Å². The highest BCUT2D eigenvalue weighted by atomic mass is 79.9. The van der Waals surface area contributed by atoms with Crippen LogP contribution >= 0.6 is 15.9 Å². The van der Waals surface area contributed by atoms with Gasteiger partial charge in [0.05, 0.1) is 26.3 Å². The topological polar surface area (TPSA) is 64.5 Å².